The fourth-order valence-corrected chi connectivity index (χ4v) is 3.58. The van der Waals surface area contributed by atoms with Crippen LogP contribution < -0.4 is 5.32 Å². The van der Waals surface area contributed by atoms with Gasteiger partial charge in [0.2, 0.25) is 0 Å². The SMILES string of the molecule is CCc1nncn1CCNC(=NC)N1CCOC(c2ccc(C)cc2C)C1.I. The largest absolute Gasteiger partial charge is 0.370 e. The maximum atomic E-state index is 6.06. The highest BCUT2D eigenvalue weighted by molar-refractivity contribution is 14.0. The number of morpholine rings is 1. The first kappa shape index (κ1) is 22.6. The van der Waals surface area contributed by atoms with Gasteiger partial charge in [0.25, 0.3) is 0 Å². The highest BCUT2D eigenvalue weighted by Gasteiger charge is 2.25. The molecule has 7 nitrogen and oxygen atoms in total. The van der Waals surface area contributed by atoms with Crippen molar-refractivity contribution in [2.24, 2.45) is 4.99 Å². The van der Waals surface area contributed by atoms with E-state index in [4.69, 9.17) is 4.74 Å². The molecular formula is C20H31IN6O. The first-order valence-corrected chi connectivity index (χ1v) is 9.63. The average Bonchev–Trinajstić information content (AvgIpc) is 3.13. The predicted octanol–water partition coefficient (Wildman–Crippen LogP) is 2.72. The molecule has 0 bridgehead atoms. The van der Waals surface area contributed by atoms with Crippen molar-refractivity contribution in [1.82, 2.24) is 25.0 Å². The molecule has 3 rings (SSSR count). The second-order valence-corrected chi connectivity index (χ2v) is 6.93. The molecule has 1 aromatic carbocycles. The Kier molecular flexibility index (Phi) is 8.68. The molecule has 1 aliphatic rings. The minimum absolute atomic E-state index is 0. The molecule has 28 heavy (non-hydrogen) atoms. The minimum Gasteiger partial charge on any atom is -0.370 e. The van der Waals surface area contributed by atoms with Gasteiger partial charge in [0, 0.05) is 33.1 Å². The van der Waals surface area contributed by atoms with Gasteiger partial charge in [-0.15, -0.1) is 34.2 Å². The number of nitrogens with one attached hydrogen (secondary N) is 1. The molecule has 2 heterocycles. The Hall–Kier alpha value is -1.68. The van der Waals surface area contributed by atoms with E-state index in [2.05, 4.69) is 68.9 Å². The zero-order chi connectivity index (χ0) is 19.2. The fraction of sp³-hybridized carbons (Fsp3) is 0.550. The number of ether oxygens (including phenoxy) is 1. The smallest absolute Gasteiger partial charge is 0.193 e. The van der Waals surface area contributed by atoms with Crippen LogP contribution in [0.15, 0.2) is 29.5 Å². The van der Waals surface area contributed by atoms with Gasteiger partial charge in [-0.1, -0.05) is 30.7 Å². The van der Waals surface area contributed by atoms with Gasteiger partial charge in [-0.3, -0.25) is 4.99 Å². The summed E-state index contributed by atoms with van der Waals surface area (Å²) < 4.78 is 8.14. The van der Waals surface area contributed by atoms with E-state index in [-0.39, 0.29) is 30.1 Å². The Bertz CT molecular complexity index is 791. The second-order valence-electron chi connectivity index (χ2n) is 6.93. The van der Waals surface area contributed by atoms with Crippen LogP contribution in [0.25, 0.3) is 0 Å². The van der Waals surface area contributed by atoms with Crippen molar-refractivity contribution < 1.29 is 4.74 Å². The molecule has 0 amide bonds. The predicted molar refractivity (Wildman–Crippen MR) is 122 cm³/mol. The summed E-state index contributed by atoms with van der Waals surface area (Å²) in [4.78, 5) is 6.75. The van der Waals surface area contributed by atoms with Crippen LogP contribution in [0.4, 0.5) is 0 Å². The molecule has 0 radical (unpaired) electrons. The number of aryl methyl sites for hydroxylation is 3. The van der Waals surface area contributed by atoms with E-state index >= 15 is 0 Å². The molecule has 1 aliphatic heterocycles. The summed E-state index contributed by atoms with van der Waals surface area (Å²) >= 11 is 0. The molecule has 1 fully saturated rings. The van der Waals surface area contributed by atoms with Crippen LogP contribution >= 0.6 is 24.0 Å². The van der Waals surface area contributed by atoms with Crippen molar-refractivity contribution in [1.29, 1.82) is 0 Å². The number of benzene rings is 1. The highest BCUT2D eigenvalue weighted by atomic mass is 127. The fourth-order valence-electron chi connectivity index (χ4n) is 3.58. The summed E-state index contributed by atoms with van der Waals surface area (Å²) in [6.45, 7) is 10.3. The molecule has 1 N–H and O–H groups in total. The zero-order valence-electron chi connectivity index (χ0n) is 17.2. The van der Waals surface area contributed by atoms with Crippen LogP contribution in [-0.2, 0) is 17.7 Å². The van der Waals surface area contributed by atoms with E-state index in [0.29, 0.717) is 6.61 Å². The maximum Gasteiger partial charge on any atom is 0.193 e. The number of aromatic nitrogens is 3. The standard InChI is InChI=1S/C20H30N6O.HI/c1-5-19-24-23-14-26(19)9-8-22-20(21-4)25-10-11-27-18(13-25)17-7-6-15(2)12-16(17)3;/h6-7,12,14,18H,5,8-11,13H2,1-4H3,(H,21,22);1H. The third kappa shape index (κ3) is 5.44. The number of halogens is 1. The van der Waals surface area contributed by atoms with Crippen molar-refractivity contribution in [3.63, 3.8) is 0 Å². The lowest BCUT2D eigenvalue weighted by molar-refractivity contribution is -0.00832. The summed E-state index contributed by atoms with van der Waals surface area (Å²) in [7, 11) is 1.83. The monoisotopic (exact) mass is 498 g/mol. The number of hydrogen-bond acceptors (Lipinski definition) is 4. The first-order chi connectivity index (χ1) is 13.1. The van der Waals surface area contributed by atoms with Crippen LogP contribution in [0.2, 0.25) is 0 Å². The summed E-state index contributed by atoms with van der Waals surface area (Å²) in [6, 6.07) is 6.56. The normalized spacial score (nSPS) is 17.4. The molecule has 0 spiro atoms. The zero-order valence-corrected chi connectivity index (χ0v) is 19.5. The van der Waals surface area contributed by atoms with E-state index < -0.39 is 0 Å². The summed E-state index contributed by atoms with van der Waals surface area (Å²) in [5, 5.41) is 11.6. The summed E-state index contributed by atoms with van der Waals surface area (Å²) in [6.07, 6.45) is 2.74. The highest BCUT2D eigenvalue weighted by Crippen LogP contribution is 2.25. The number of rotatable bonds is 5. The van der Waals surface area contributed by atoms with Crippen molar-refractivity contribution in [3.05, 3.63) is 47.0 Å². The van der Waals surface area contributed by atoms with E-state index in [0.717, 1.165) is 44.4 Å². The van der Waals surface area contributed by atoms with Gasteiger partial charge in [-0.05, 0) is 25.0 Å². The molecule has 2 aromatic rings. The molecule has 1 saturated heterocycles. The summed E-state index contributed by atoms with van der Waals surface area (Å²) in [5.74, 6) is 1.92. The molecule has 1 atom stereocenters. The quantitative estimate of drug-likeness (QED) is 0.390. The van der Waals surface area contributed by atoms with Gasteiger partial charge in [-0.2, -0.15) is 0 Å². The van der Waals surface area contributed by atoms with Gasteiger partial charge in [0.1, 0.15) is 18.3 Å². The molecule has 154 valence electrons. The lowest BCUT2D eigenvalue weighted by Crippen LogP contribution is -2.48. The van der Waals surface area contributed by atoms with Crippen LogP contribution in [0.5, 0.6) is 0 Å². The molecule has 0 aliphatic carbocycles. The van der Waals surface area contributed by atoms with E-state index in [1.54, 1.807) is 6.33 Å². The average molecular weight is 498 g/mol. The Balaban J connectivity index is 0.00000280. The van der Waals surface area contributed by atoms with E-state index in [1.807, 2.05) is 7.05 Å². The topological polar surface area (TPSA) is 67.6 Å². The number of nitrogens with zero attached hydrogens (tertiary/aromatic N) is 5. The van der Waals surface area contributed by atoms with Crippen molar-refractivity contribution in [3.8, 4) is 0 Å². The van der Waals surface area contributed by atoms with Crippen molar-refractivity contribution in [2.45, 2.75) is 39.8 Å². The van der Waals surface area contributed by atoms with Crippen molar-refractivity contribution >= 4 is 29.9 Å². The Morgan fingerprint density at radius 2 is 2.18 bits per heavy atom. The van der Waals surface area contributed by atoms with E-state index in [9.17, 15) is 0 Å². The van der Waals surface area contributed by atoms with Crippen LogP contribution in [0.1, 0.15) is 35.5 Å². The third-order valence-electron chi connectivity index (χ3n) is 5.00. The third-order valence-corrected chi connectivity index (χ3v) is 5.00. The van der Waals surface area contributed by atoms with Gasteiger partial charge in [0.15, 0.2) is 5.96 Å². The van der Waals surface area contributed by atoms with Gasteiger partial charge in [0.05, 0.1) is 13.2 Å². The minimum atomic E-state index is 0. The Labute approximate surface area is 184 Å². The number of aliphatic imine (C=N–C) groups is 1. The first-order valence-electron chi connectivity index (χ1n) is 9.63. The summed E-state index contributed by atoms with van der Waals surface area (Å²) in [5.41, 5.74) is 3.82. The molecule has 1 unspecified atom stereocenters. The van der Waals surface area contributed by atoms with Crippen molar-refractivity contribution in [2.75, 3.05) is 33.3 Å². The van der Waals surface area contributed by atoms with E-state index in [1.165, 1.54) is 16.7 Å². The Morgan fingerprint density at radius 1 is 1.36 bits per heavy atom. The molecular weight excluding hydrogens is 467 g/mol. The number of hydrogen-bond donors (Lipinski definition) is 1. The molecule has 8 heteroatoms. The lowest BCUT2D eigenvalue weighted by Gasteiger charge is -2.36. The molecule has 1 aromatic heterocycles. The van der Waals surface area contributed by atoms with Crippen LogP contribution in [-0.4, -0.2) is 58.9 Å². The number of guanidine groups is 1. The van der Waals surface area contributed by atoms with Crippen LogP contribution in [0, 0.1) is 13.8 Å². The lowest BCUT2D eigenvalue weighted by atomic mass is 10.00. The van der Waals surface area contributed by atoms with Gasteiger partial charge in [-0.25, -0.2) is 0 Å². The van der Waals surface area contributed by atoms with Gasteiger partial charge < -0.3 is 19.5 Å². The van der Waals surface area contributed by atoms with Crippen LogP contribution in [0.3, 0.4) is 0 Å². The molecule has 0 saturated carbocycles. The second kappa shape index (κ2) is 10.8. The Morgan fingerprint density at radius 3 is 2.89 bits per heavy atom. The van der Waals surface area contributed by atoms with Gasteiger partial charge >= 0.3 is 0 Å². The maximum absolute atomic E-state index is 6.06.